The molecule has 1 aromatic carbocycles. The molecule has 3 heterocycles. The van der Waals surface area contributed by atoms with Gasteiger partial charge in [0.25, 0.3) is 0 Å². The van der Waals surface area contributed by atoms with Crippen LogP contribution in [0.3, 0.4) is 0 Å². The first-order valence-electron chi connectivity index (χ1n) is 9.41. The van der Waals surface area contributed by atoms with E-state index < -0.39 is 35.9 Å². The van der Waals surface area contributed by atoms with Gasteiger partial charge in [-0.3, -0.25) is 15.0 Å². The molecule has 0 aromatic heterocycles. The summed E-state index contributed by atoms with van der Waals surface area (Å²) in [5, 5.41) is 5.63. The minimum Gasteiger partial charge on any atom is -0.456 e. The predicted molar refractivity (Wildman–Crippen MR) is 102 cm³/mol. The van der Waals surface area contributed by atoms with Crippen molar-refractivity contribution in [2.75, 3.05) is 13.2 Å². The normalized spacial score (nSPS) is 26.5. The number of nitrogens with zero attached hydrogens (tertiary/aromatic N) is 1. The second-order valence-corrected chi connectivity index (χ2v) is 7.62. The van der Waals surface area contributed by atoms with Gasteiger partial charge in [0.2, 0.25) is 5.91 Å². The van der Waals surface area contributed by atoms with Gasteiger partial charge in [-0.2, -0.15) is 0 Å². The Bertz CT molecular complexity index is 887. The molecule has 7 nitrogen and oxygen atoms in total. The lowest BCUT2D eigenvalue weighted by Crippen LogP contribution is -2.67. The number of imide groups is 1. The summed E-state index contributed by atoms with van der Waals surface area (Å²) in [4.78, 5) is 39.2. The summed E-state index contributed by atoms with van der Waals surface area (Å²) in [6, 6.07) is 7.48. The molecule has 0 radical (unpaired) electrons. The van der Waals surface area contributed by atoms with Gasteiger partial charge < -0.3 is 10.1 Å². The van der Waals surface area contributed by atoms with Crippen molar-refractivity contribution in [3.63, 3.8) is 0 Å². The fourth-order valence-corrected chi connectivity index (χ4v) is 4.23. The molecule has 0 bridgehead atoms. The smallest absolute Gasteiger partial charge is 0.336 e. The molecule has 0 aliphatic carbocycles. The molecule has 0 saturated carbocycles. The Morgan fingerprint density at radius 1 is 1.25 bits per heavy atom. The summed E-state index contributed by atoms with van der Waals surface area (Å²) in [7, 11) is 0. The number of nitrogens with one attached hydrogen (secondary N) is 2. The van der Waals surface area contributed by atoms with Gasteiger partial charge in [0, 0.05) is 12.5 Å². The number of cyclic esters (lactones) is 1. The standard InChI is InChI=1S/C21H23N3O4/c1-4-9-24-18-17(19(25)23-21(24)27)15(16-14(22-18)10-28-20(16)26)13-7-5-12(6-8-13)11(2)3/h4-8,11,15,17-18,22H,1,9-10H2,2-3H3,(H,23,25,27). The van der Waals surface area contributed by atoms with E-state index in [1.165, 1.54) is 10.5 Å². The summed E-state index contributed by atoms with van der Waals surface area (Å²) in [6.45, 7) is 8.32. The Kier molecular flexibility index (Phi) is 4.45. The lowest BCUT2D eigenvalue weighted by atomic mass is 9.74. The molecule has 28 heavy (non-hydrogen) atoms. The molecule has 146 valence electrons. The second-order valence-electron chi connectivity index (χ2n) is 7.62. The first-order chi connectivity index (χ1) is 13.4. The van der Waals surface area contributed by atoms with Gasteiger partial charge in [-0.15, -0.1) is 6.58 Å². The third-order valence-corrected chi connectivity index (χ3v) is 5.64. The topological polar surface area (TPSA) is 87.7 Å². The second kappa shape index (κ2) is 6.82. The molecule has 1 saturated heterocycles. The fraction of sp³-hybridized carbons (Fsp3) is 0.381. The molecule has 1 aromatic rings. The maximum Gasteiger partial charge on any atom is 0.336 e. The van der Waals surface area contributed by atoms with Crippen molar-refractivity contribution in [1.82, 2.24) is 15.5 Å². The van der Waals surface area contributed by atoms with E-state index in [0.717, 1.165) is 5.56 Å². The number of carbonyl (C=O) groups is 3. The average molecular weight is 381 g/mol. The van der Waals surface area contributed by atoms with E-state index in [1.54, 1.807) is 6.08 Å². The maximum absolute atomic E-state index is 12.8. The van der Waals surface area contributed by atoms with Gasteiger partial charge in [0.1, 0.15) is 12.8 Å². The van der Waals surface area contributed by atoms with Gasteiger partial charge in [0.15, 0.2) is 0 Å². The molecule has 1 fully saturated rings. The molecular formula is C21H23N3O4. The van der Waals surface area contributed by atoms with Gasteiger partial charge in [0.05, 0.1) is 17.2 Å². The van der Waals surface area contributed by atoms with Crippen molar-refractivity contribution in [2.24, 2.45) is 5.92 Å². The molecule has 3 aliphatic rings. The van der Waals surface area contributed by atoms with E-state index in [-0.39, 0.29) is 13.2 Å². The number of ether oxygens (including phenoxy) is 1. The van der Waals surface area contributed by atoms with Crippen LogP contribution in [-0.2, 0) is 14.3 Å². The highest BCUT2D eigenvalue weighted by molar-refractivity contribution is 6.02. The predicted octanol–water partition coefficient (Wildman–Crippen LogP) is 1.99. The lowest BCUT2D eigenvalue weighted by molar-refractivity contribution is -0.136. The lowest BCUT2D eigenvalue weighted by Gasteiger charge is -2.46. The number of amides is 3. The third kappa shape index (κ3) is 2.78. The number of carbonyl (C=O) groups excluding carboxylic acids is 3. The molecule has 3 atom stereocenters. The number of esters is 1. The van der Waals surface area contributed by atoms with Crippen LogP contribution in [0, 0.1) is 5.92 Å². The van der Waals surface area contributed by atoms with Crippen molar-refractivity contribution in [1.29, 1.82) is 0 Å². The minimum absolute atomic E-state index is 0.121. The van der Waals surface area contributed by atoms with Crippen LogP contribution < -0.4 is 10.6 Å². The summed E-state index contributed by atoms with van der Waals surface area (Å²) in [5.74, 6) is -1.57. The van der Waals surface area contributed by atoms with Crippen LogP contribution in [0.1, 0.15) is 36.8 Å². The largest absolute Gasteiger partial charge is 0.456 e. The molecule has 3 amide bonds. The molecule has 3 aliphatic heterocycles. The van der Waals surface area contributed by atoms with Crippen LogP contribution in [0.5, 0.6) is 0 Å². The third-order valence-electron chi connectivity index (χ3n) is 5.64. The quantitative estimate of drug-likeness (QED) is 0.615. The molecule has 0 spiro atoms. The highest BCUT2D eigenvalue weighted by Crippen LogP contribution is 2.43. The number of benzene rings is 1. The minimum atomic E-state index is -0.646. The van der Waals surface area contributed by atoms with Gasteiger partial charge >= 0.3 is 12.0 Å². The number of rotatable bonds is 4. The van der Waals surface area contributed by atoms with E-state index in [1.807, 2.05) is 24.3 Å². The van der Waals surface area contributed by atoms with Crippen molar-refractivity contribution < 1.29 is 19.1 Å². The number of hydrogen-bond donors (Lipinski definition) is 2. The van der Waals surface area contributed by atoms with E-state index >= 15 is 0 Å². The Morgan fingerprint density at radius 3 is 2.61 bits per heavy atom. The van der Waals surface area contributed by atoms with Crippen molar-refractivity contribution in [2.45, 2.75) is 31.8 Å². The SMILES string of the molecule is C=CCN1C(=O)NC(=O)C2C(c3ccc(C(C)C)cc3)C3=C(COC3=O)NC21. The first kappa shape index (κ1) is 18.3. The summed E-state index contributed by atoms with van der Waals surface area (Å²) >= 11 is 0. The molecular weight excluding hydrogens is 358 g/mol. The van der Waals surface area contributed by atoms with Gasteiger partial charge in [-0.05, 0) is 17.0 Å². The van der Waals surface area contributed by atoms with Crippen LogP contribution >= 0.6 is 0 Å². The zero-order valence-corrected chi connectivity index (χ0v) is 15.9. The number of fused-ring (bicyclic) bond motifs is 1. The fourth-order valence-electron chi connectivity index (χ4n) is 4.23. The average Bonchev–Trinajstić information content (AvgIpc) is 3.04. The summed E-state index contributed by atoms with van der Waals surface area (Å²) < 4.78 is 5.25. The van der Waals surface area contributed by atoms with E-state index in [0.29, 0.717) is 17.2 Å². The van der Waals surface area contributed by atoms with Crippen LogP contribution in [0.4, 0.5) is 4.79 Å². The van der Waals surface area contributed by atoms with Crippen molar-refractivity contribution in [3.8, 4) is 0 Å². The Labute approximate surface area is 163 Å². The maximum atomic E-state index is 12.8. The monoisotopic (exact) mass is 381 g/mol. The summed E-state index contributed by atoms with van der Waals surface area (Å²) in [6.07, 6.45) is 1.04. The van der Waals surface area contributed by atoms with E-state index in [9.17, 15) is 14.4 Å². The number of hydrogen-bond acceptors (Lipinski definition) is 5. The zero-order chi connectivity index (χ0) is 20.0. The van der Waals surface area contributed by atoms with Crippen LogP contribution in [0.25, 0.3) is 0 Å². The summed E-state index contributed by atoms with van der Waals surface area (Å²) in [5.41, 5.74) is 3.15. The molecule has 7 heteroatoms. The first-order valence-corrected chi connectivity index (χ1v) is 9.41. The molecule has 4 rings (SSSR count). The Balaban J connectivity index is 1.82. The highest BCUT2D eigenvalue weighted by Gasteiger charge is 2.53. The van der Waals surface area contributed by atoms with Crippen molar-refractivity contribution in [3.05, 3.63) is 59.3 Å². The van der Waals surface area contributed by atoms with E-state index in [4.69, 9.17) is 4.74 Å². The van der Waals surface area contributed by atoms with Crippen LogP contribution in [0.2, 0.25) is 0 Å². The number of urea groups is 1. The van der Waals surface area contributed by atoms with Crippen molar-refractivity contribution >= 4 is 17.9 Å². The van der Waals surface area contributed by atoms with Gasteiger partial charge in [-0.1, -0.05) is 44.2 Å². The molecule has 2 N–H and O–H groups in total. The van der Waals surface area contributed by atoms with E-state index in [2.05, 4.69) is 31.1 Å². The highest BCUT2D eigenvalue weighted by atomic mass is 16.5. The van der Waals surface area contributed by atoms with Crippen LogP contribution in [-0.4, -0.2) is 42.1 Å². The van der Waals surface area contributed by atoms with Gasteiger partial charge in [-0.25, -0.2) is 9.59 Å². The zero-order valence-electron chi connectivity index (χ0n) is 15.9. The Morgan fingerprint density at radius 2 is 1.96 bits per heavy atom. The van der Waals surface area contributed by atoms with Crippen LogP contribution in [0.15, 0.2) is 48.2 Å². The molecule has 3 unspecified atom stereocenters. The Hall–Kier alpha value is -3.09.